The lowest BCUT2D eigenvalue weighted by Gasteiger charge is -2.34. The van der Waals surface area contributed by atoms with Gasteiger partial charge in [-0.1, -0.05) is 6.92 Å². The third-order valence-electron chi connectivity index (χ3n) is 8.29. The largest absolute Gasteiger partial charge is 0.457 e. The number of likely N-dealkylation sites (N-methyl/N-ethyl adjacent to an activating group) is 1. The maximum absolute atomic E-state index is 12.9. The molecule has 3 amide bonds. The Morgan fingerprint density at radius 2 is 1.56 bits per heavy atom. The number of aromatic nitrogens is 3. The summed E-state index contributed by atoms with van der Waals surface area (Å²) in [6.45, 7) is 11.4. The van der Waals surface area contributed by atoms with Crippen LogP contribution < -0.4 is 20.3 Å². The second kappa shape index (κ2) is 14.2. The standard InChI is InChI=1S/C32H40N8O5/c1-3-38-13-15-39(16-14-38)29(41)24-6-10-26(11-7-24)34-31(42)33-25-8-4-23(5-9-25)28-35-30(40-17-19-44-20-22(40)2)37-32(36-28)45-27-12-18-43-21-27/h4-11,22,27H,3,12-21H2,1-2H3,(H2,33,34,42). The van der Waals surface area contributed by atoms with E-state index in [-0.39, 0.29) is 24.1 Å². The van der Waals surface area contributed by atoms with Crippen LogP contribution in [0.15, 0.2) is 48.5 Å². The monoisotopic (exact) mass is 616 g/mol. The number of benzene rings is 2. The van der Waals surface area contributed by atoms with Crippen molar-refractivity contribution in [3.8, 4) is 17.4 Å². The lowest BCUT2D eigenvalue weighted by atomic mass is 10.1. The molecule has 2 N–H and O–H groups in total. The van der Waals surface area contributed by atoms with E-state index in [1.807, 2.05) is 17.0 Å². The van der Waals surface area contributed by atoms with E-state index in [0.717, 1.165) is 44.7 Å². The predicted octanol–water partition coefficient (Wildman–Crippen LogP) is 3.35. The van der Waals surface area contributed by atoms with Crippen molar-refractivity contribution in [1.82, 2.24) is 24.8 Å². The van der Waals surface area contributed by atoms with Gasteiger partial charge in [0.2, 0.25) is 5.95 Å². The van der Waals surface area contributed by atoms with Crippen LogP contribution in [0.25, 0.3) is 11.4 Å². The molecule has 2 unspecified atom stereocenters. The molecule has 238 valence electrons. The normalized spacial score (nSPS) is 20.6. The number of piperazine rings is 1. The highest BCUT2D eigenvalue weighted by Gasteiger charge is 2.26. The Morgan fingerprint density at radius 3 is 2.20 bits per heavy atom. The fourth-order valence-corrected chi connectivity index (χ4v) is 5.58. The third kappa shape index (κ3) is 7.67. The van der Waals surface area contributed by atoms with Crippen LogP contribution in [0.2, 0.25) is 0 Å². The Kier molecular flexibility index (Phi) is 9.67. The van der Waals surface area contributed by atoms with Crippen molar-refractivity contribution < 1.29 is 23.8 Å². The molecule has 0 radical (unpaired) electrons. The van der Waals surface area contributed by atoms with Gasteiger partial charge < -0.3 is 39.5 Å². The molecular weight excluding hydrogens is 576 g/mol. The number of anilines is 3. The van der Waals surface area contributed by atoms with Crippen molar-refractivity contribution in [1.29, 1.82) is 0 Å². The highest BCUT2D eigenvalue weighted by Crippen LogP contribution is 2.25. The molecule has 3 aliphatic rings. The first-order valence-corrected chi connectivity index (χ1v) is 15.6. The summed E-state index contributed by atoms with van der Waals surface area (Å²) in [7, 11) is 0. The zero-order valence-electron chi connectivity index (χ0n) is 25.8. The maximum atomic E-state index is 12.9. The van der Waals surface area contributed by atoms with Gasteiger partial charge in [-0.15, -0.1) is 0 Å². The van der Waals surface area contributed by atoms with Gasteiger partial charge in [-0.25, -0.2) is 4.79 Å². The zero-order valence-corrected chi connectivity index (χ0v) is 25.8. The summed E-state index contributed by atoms with van der Waals surface area (Å²) in [4.78, 5) is 45.9. The molecule has 13 heteroatoms. The Morgan fingerprint density at radius 1 is 0.867 bits per heavy atom. The minimum Gasteiger partial charge on any atom is -0.457 e. The zero-order chi connectivity index (χ0) is 31.2. The first-order valence-electron chi connectivity index (χ1n) is 15.6. The quantitative estimate of drug-likeness (QED) is 0.388. The fourth-order valence-electron chi connectivity index (χ4n) is 5.58. The van der Waals surface area contributed by atoms with Crippen LogP contribution in [-0.4, -0.2) is 115 Å². The molecular formula is C32H40N8O5. The van der Waals surface area contributed by atoms with Crippen LogP contribution in [0.4, 0.5) is 22.1 Å². The SMILES string of the molecule is CCN1CCN(C(=O)c2ccc(NC(=O)Nc3ccc(-c4nc(OC5CCOC5)nc(N5CCOCC5C)n4)cc3)cc2)CC1. The highest BCUT2D eigenvalue weighted by molar-refractivity contribution is 6.00. The molecule has 0 aliphatic carbocycles. The van der Waals surface area contributed by atoms with Gasteiger partial charge in [0.15, 0.2) is 5.82 Å². The number of carbonyl (C=O) groups excluding carboxylic acids is 2. The number of amides is 3. The van der Waals surface area contributed by atoms with E-state index in [2.05, 4.69) is 44.2 Å². The Balaban J connectivity index is 1.09. The Hall–Kier alpha value is -4.33. The van der Waals surface area contributed by atoms with Crippen molar-refractivity contribution in [2.75, 3.05) is 81.2 Å². The second-order valence-corrected chi connectivity index (χ2v) is 11.4. The predicted molar refractivity (Wildman–Crippen MR) is 170 cm³/mol. The Bertz CT molecular complexity index is 1460. The minimum absolute atomic E-state index is 0.0119. The molecule has 0 saturated carbocycles. The van der Waals surface area contributed by atoms with E-state index in [1.54, 1.807) is 36.4 Å². The maximum Gasteiger partial charge on any atom is 0.323 e. The average molecular weight is 617 g/mol. The highest BCUT2D eigenvalue weighted by atomic mass is 16.6. The van der Waals surface area contributed by atoms with E-state index in [9.17, 15) is 9.59 Å². The molecule has 2 aromatic carbocycles. The van der Waals surface area contributed by atoms with E-state index in [4.69, 9.17) is 19.2 Å². The van der Waals surface area contributed by atoms with Crippen LogP contribution in [-0.2, 0) is 9.47 Å². The lowest BCUT2D eigenvalue weighted by molar-refractivity contribution is 0.0643. The molecule has 0 spiro atoms. The van der Waals surface area contributed by atoms with Crippen LogP contribution in [0.1, 0.15) is 30.6 Å². The van der Waals surface area contributed by atoms with E-state index < -0.39 is 6.03 Å². The van der Waals surface area contributed by atoms with Crippen LogP contribution in [0.3, 0.4) is 0 Å². The Labute approximate surface area is 262 Å². The molecule has 4 heterocycles. The molecule has 3 saturated heterocycles. The van der Waals surface area contributed by atoms with Crippen molar-refractivity contribution in [3.05, 3.63) is 54.1 Å². The molecule has 2 atom stereocenters. The lowest BCUT2D eigenvalue weighted by Crippen LogP contribution is -2.48. The van der Waals surface area contributed by atoms with Gasteiger partial charge in [0.25, 0.3) is 5.91 Å². The van der Waals surface area contributed by atoms with Gasteiger partial charge in [0.1, 0.15) is 6.10 Å². The average Bonchev–Trinajstić information content (AvgIpc) is 3.58. The molecule has 13 nitrogen and oxygen atoms in total. The fraction of sp³-hybridized carbons (Fsp3) is 0.469. The number of carbonyl (C=O) groups is 2. The number of hydrogen-bond acceptors (Lipinski definition) is 10. The van der Waals surface area contributed by atoms with Crippen LogP contribution >= 0.6 is 0 Å². The molecule has 3 aromatic rings. The number of hydrogen-bond donors (Lipinski definition) is 2. The third-order valence-corrected chi connectivity index (χ3v) is 8.29. The molecule has 1 aromatic heterocycles. The van der Waals surface area contributed by atoms with E-state index in [1.165, 1.54) is 0 Å². The molecule has 3 fully saturated rings. The number of nitrogens with zero attached hydrogens (tertiary/aromatic N) is 6. The first kappa shape index (κ1) is 30.7. The number of nitrogens with one attached hydrogen (secondary N) is 2. The van der Waals surface area contributed by atoms with Crippen LogP contribution in [0, 0.1) is 0 Å². The summed E-state index contributed by atoms with van der Waals surface area (Å²) in [6, 6.07) is 14.2. The number of morpholine rings is 1. The summed E-state index contributed by atoms with van der Waals surface area (Å²) in [6.07, 6.45) is 0.685. The number of rotatable bonds is 8. The van der Waals surface area contributed by atoms with Crippen LogP contribution in [0.5, 0.6) is 6.01 Å². The van der Waals surface area contributed by atoms with Gasteiger partial charge in [0, 0.05) is 61.6 Å². The van der Waals surface area contributed by atoms with Crippen molar-refractivity contribution in [3.63, 3.8) is 0 Å². The van der Waals surface area contributed by atoms with Gasteiger partial charge in [-0.2, -0.15) is 15.0 Å². The van der Waals surface area contributed by atoms with Gasteiger partial charge in [0.05, 0.1) is 32.5 Å². The van der Waals surface area contributed by atoms with E-state index in [0.29, 0.717) is 61.7 Å². The van der Waals surface area contributed by atoms with Gasteiger partial charge in [-0.3, -0.25) is 4.79 Å². The molecule has 6 rings (SSSR count). The first-order chi connectivity index (χ1) is 21.9. The number of urea groups is 1. The van der Waals surface area contributed by atoms with Gasteiger partial charge >= 0.3 is 12.0 Å². The van der Waals surface area contributed by atoms with Crippen molar-refractivity contribution in [2.24, 2.45) is 0 Å². The van der Waals surface area contributed by atoms with Crippen molar-refractivity contribution >= 4 is 29.3 Å². The number of ether oxygens (including phenoxy) is 3. The topological polar surface area (TPSA) is 134 Å². The second-order valence-electron chi connectivity index (χ2n) is 11.4. The summed E-state index contributed by atoms with van der Waals surface area (Å²) >= 11 is 0. The summed E-state index contributed by atoms with van der Waals surface area (Å²) in [5.74, 6) is 1.03. The van der Waals surface area contributed by atoms with E-state index >= 15 is 0 Å². The summed E-state index contributed by atoms with van der Waals surface area (Å²) in [5, 5.41) is 5.68. The van der Waals surface area contributed by atoms with Gasteiger partial charge in [-0.05, 0) is 62.0 Å². The minimum atomic E-state index is -0.393. The summed E-state index contributed by atoms with van der Waals surface area (Å²) in [5.41, 5.74) is 2.56. The molecule has 45 heavy (non-hydrogen) atoms. The molecule has 0 bridgehead atoms. The molecule has 3 aliphatic heterocycles. The summed E-state index contributed by atoms with van der Waals surface area (Å²) < 4.78 is 17.1. The van der Waals surface area contributed by atoms with Crippen molar-refractivity contribution in [2.45, 2.75) is 32.4 Å². The smallest absolute Gasteiger partial charge is 0.323 e.